The third-order valence-corrected chi connectivity index (χ3v) is 3.23. The van der Waals surface area contributed by atoms with E-state index < -0.39 is 0 Å². The van der Waals surface area contributed by atoms with E-state index in [0.717, 1.165) is 48.0 Å². The minimum absolute atomic E-state index is 0.736. The third-order valence-electron chi connectivity index (χ3n) is 2.82. The summed E-state index contributed by atoms with van der Waals surface area (Å²) in [5.41, 5.74) is 7.55. The van der Waals surface area contributed by atoms with Crippen LogP contribution in [-0.2, 0) is 0 Å². The Morgan fingerprint density at radius 1 is 1.35 bits per heavy atom. The average molecular weight is 257 g/mol. The quantitative estimate of drug-likeness (QED) is 0.796. The second-order valence-electron chi connectivity index (χ2n) is 4.19. The van der Waals surface area contributed by atoms with E-state index in [1.807, 2.05) is 26.1 Å². The molecule has 0 saturated heterocycles. The topological polar surface area (TPSA) is 38.5 Å². The maximum Gasteiger partial charge on any atom is 0.142 e. The monoisotopic (exact) mass is 256 g/mol. The first kappa shape index (κ1) is 14.1. The minimum atomic E-state index is 0.736. The van der Waals surface area contributed by atoms with Gasteiger partial charge in [-0.1, -0.05) is 11.6 Å². The fourth-order valence-corrected chi connectivity index (χ4v) is 1.88. The first-order valence-electron chi connectivity index (χ1n) is 5.85. The molecule has 1 aromatic carbocycles. The van der Waals surface area contributed by atoms with Crippen molar-refractivity contribution in [3.8, 4) is 5.75 Å². The van der Waals surface area contributed by atoms with Crippen molar-refractivity contribution in [3.05, 3.63) is 22.7 Å². The van der Waals surface area contributed by atoms with Crippen LogP contribution in [0.15, 0.2) is 12.1 Å². The van der Waals surface area contributed by atoms with Crippen molar-refractivity contribution in [1.82, 2.24) is 0 Å². The fraction of sp³-hybridized carbons (Fsp3) is 0.538. The highest BCUT2D eigenvalue weighted by atomic mass is 35.5. The summed E-state index contributed by atoms with van der Waals surface area (Å²) < 4.78 is 5.38. The summed E-state index contributed by atoms with van der Waals surface area (Å²) in [6.07, 6.45) is 2.11. The molecule has 1 aromatic rings. The second kappa shape index (κ2) is 6.72. The first-order chi connectivity index (χ1) is 8.10. The molecule has 1 rings (SSSR count). The molecule has 0 unspecified atom stereocenters. The highest BCUT2D eigenvalue weighted by Gasteiger charge is 2.10. The van der Waals surface area contributed by atoms with Gasteiger partial charge >= 0.3 is 0 Å². The number of unbranched alkanes of at least 4 members (excludes halogenated alkanes) is 1. The zero-order valence-electron chi connectivity index (χ0n) is 10.8. The molecule has 17 heavy (non-hydrogen) atoms. The van der Waals surface area contributed by atoms with E-state index in [4.69, 9.17) is 22.1 Å². The number of methoxy groups -OCH3 is 1. The molecule has 0 radical (unpaired) electrons. The molecular formula is C13H21ClN2O. The van der Waals surface area contributed by atoms with Crippen molar-refractivity contribution in [1.29, 1.82) is 0 Å². The average Bonchev–Trinajstić information content (AvgIpc) is 2.32. The summed E-state index contributed by atoms with van der Waals surface area (Å²) in [6.45, 7) is 3.66. The Hall–Kier alpha value is -0.930. The van der Waals surface area contributed by atoms with Gasteiger partial charge in [0.05, 0.1) is 12.8 Å². The number of benzene rings is 1. The van der Waals surface area contributed by atoms with Gasteiger partial charge in [0.1, 0.15) is 5.75 Å². The van der Waals surface area contributed by atoms with Crippen LogP contribution in [0.2, 0.25) is 5.02 Å². The van der Waals surface area contributed by atoms with Gasteiger partial charge in [-0.3, -0.25) is 0 Å². The summed E-state index contributed by atoms with van der Waals surface area (Å²) in [5.74, 6) is 0.863. The molecule has 0 bridgehead atoms. The summed E-state index contributed by atoms with van der Waals surface area (Å²) in [4.78, 5) is 2.15. The minimum Gasteiger partial charge on any atom is -0.495 e. The molecule has 0 aliphatic heterocycles. The lowest BCUT2D eigenvalue weighted by Crippen LogP contribution is -2.20. The first-order valence-corrected chi connectivity index (χ1v) is 6.23. The third kappa shape index (κ3) is 3.79. The summed E-state index contributed by atoms with van der Waals surface area (Å²) in [6, 6.07) is 3.93. The second-order valence-corrected chi connectivity index (χ2v) is 4.60. The van der Waals surface area contributed by atoms with Crippen molar-refractivity contribution in [2.24, 2.45) is 5.73 Å². The van der Waals surface area contributed by atoms with Gasteiger partial charge in [0.15, 0.2) is 0 Å². The van der Waals surface area contributed by atoms with Crippen LogP contribution in [0.25, 0.3) is 0 Å². The van der Waals surface area contributed by atoms with Crippen LogP contribution in [-0.4, -0.2) is 27.2 Å². The van der Waals surface area contributed by atoms with Gasteiger partial charge < -0.3 is 15.4 Å². The Morgan fingerprint density at radius 2 is 2.06 bits per heavy atom. The van der Waals surface area contributed by atoms with Crippen LogP contribution in [0.1, 0.15) is 18.4 Å². The molecule has 0 aliphatic rings. The zero-order chi connectivity index (χ0) is 12.8. The molecule has 0 atom stereocenters. The number of halogens is 1. The molecule has 96 valence electrons. The van der Waals surface area contributed by atoms with Gasteiger partial charge in [-0.15, -0.1) is 0 Å². The lowest BCUT2D eigenvalue weighted by Gasteiger charge is -2.22. The van der Waals surface area contributed by atoms with Crippen LogP contribution >= 0.6 is 11.6 Å². The molecule has 0 aromatic heterocycles. The largest absolute Gasteiger partial charge is 0.495 e. The maximum absolute atomic E-state index is 6.15. The highest BCUT2D eigenvalue weighted by molar-refractivity contribution is 6.31. The Balaban J connectivity index is 2.84. The van der Waals surface area contributed by atoms with E-state index in [1.165, 1.54) is 0 Å². The lowest BCUT2D eigenvalue weighted by atomic mass is 10.2. The molecule has 0 saturated carbocycles. The molecule has 2 N–H and O–H groups in total. The predicted octanol–water partition coefficient (Wildman–Crippen LogP) is 2.83. The number of rotatable bonds is 6. The number of anilines is 1. The smallest absolute Gasteiger partial charge is 0.142 e. The normalized spacial score (nSPS) is 10.4. The number of ether oxygens (including phenoxy) is 1. The molecular weight excluding hydrogens is 236 g/mol. The van der Waals surface area contributed by atoms with Gasteiger partial charge in [0, 0.05) is 18.6 Å². The predicted molar refractivity (Wildman–Crippen MR) is 74.3 cm³/mol. The maximum atomic E-state index is 6.15. The fourth-order valence-electron chi connectivity index (χ4n) is 1.72. The molecule has 0 aliphatic carbocycles. The van der Waals surface area contributed by atoms with Crippen molar-refractivity contribution < 1.29 is 4.74 Å². The zero-order valence-corrected chi connectivity index (χ0v) is 11.5. The molecule has 3 nitrogen and oxygen atoms in total. The van der Waals surface area contributed by atoms with Gasteiger partial charge in [0.25, 0.3) is 0 Å². The number of hydrogen-bond acceptors (Lipinski definition) is 3. The Bertz CT molecular complexity index is 369. The van der Waals surface area contributed by atoms with Gasteiger partial charge in [-0.05, 0) is 44.0 Å². The van der Waals surface area contributed by atoms with Crippen LogP contribution in [0.5, 0.6) is 5.75 Å². The van der Waals surface area contributed by atoms with Crippen LogP contribution in [0.3, 0.4) is 0 Å². The van der Waals surface area contributed by atoms with Crippen molar-refractivity contribution in [2.45, 2.75) is 19.8 Å². The van der Waals surface area contributed by atoms with Gasteiger partial charge in [-0.2, -0.15) is 0 Å². The Morgan fingerprint density at radius 3 is 2.65 bits per heavy atom. The van der Waals surface area contributed by atoms with E-state index in [0.29, 0.717) is 0 Å². The van der Waals surface area contributed by atoms with Gasteiger partial charge in [0.2, 0.25) is 0 Å². The van der Waals surface area contributed by atoms with Crippen LogP contribution < -0.4 is 15.4 Å². The van der Waals surface area contributed by atoms with E-state index in [2.05, 4.69) is 4.90 Å². The summed E-state index contributed by atoms with van der Waals surface area (Å²) in [7, 11) is 3.72. The van der Waals surface area contributed by atoms with E-state index in [9.17, 15) is 0 Å². The Kier molecular flexibility index (Phi) is 5.59. The van der Waals surface area contributed by atoms with Crippen molar-refractivity contribution in [3.63, 3.8) is 0 Å². The molecule has 0 heterocycles. The standard InChI is InChI=1S/C13H21ClN2O/c1-10-8-13(17-3)12(9-11(10)14)16(2)7-5-4-6-15/h8-9H,4-7,15H2,1-3H3. The van der Waals surface area contributed by atoms with Crippen molar-refractivity contribution in [2.75, 3.05) is 32.1 Å². The Labute approximate surface area is 109 Å². The number of aryl methyl sites for hydroxylation is 1. The van der Waals surface area contributed by atoms with Crippen LogP contribution in [0.4, 0.5) is 5.69 Å². The number of hydrogen-bond donors (Lipinski definition) is 1. The molecule has 0 fully saturated rings. The number of nitrogens with zero attached hydrogens (tertiary/aromatic N) is 1. The highest BCUT2D eigenvalue weighted by Crippen LogP contribution is 2.33. The molecule has 0 spiro atoms. The summed E-state index contributed by atoms with van der Waals surface area (Å²) >= 11 is 6.15. The van der Waals surface area contributed by atoms with Crippen LogP contribution in [0, 0.1) is 6.92 Å². The van der Waals surface area contributed by atoms with E-state index >= 15 is 0 Å². The molecule has 4 heteroatoms. The summed E-state index contributed by atoms with van der Waals surface area (Å²) in [5, 5.41) is 0.770. The van der Waals surface area contributed by atoms with E-state index in [-0.39, 0.29) is 0 Å². The van der Waals surface area contributed by atoms with E-state index in [1.54, 1.807) is 7.11 Å². The number of nitrogens with two attached hydrogens (primary N) is 1. The SMILES string of the molecule is COc1cc(C)c(Cl)cc1N(C)CCCCN. The van der Waals surface area contributed by atoms with Gasteiger partial charge in [-0.25, -0.2) is 0 Å². The molecule has 0 amide bonds. The van der Waals surface area contributed by atoms with Crippen molar-refractivity contribution >= 4 is 17.3 Å². The lowest BCUT2D eigenvalue weighted by molar-refractivity contribution is 0.414.